The van der Waals surface area contributed by atoms with Gasteiger partial charge in [-0.25, -0.2) is 0 Å². The molecule has 1 aromatic heterocycles. The van der Waals surface area contributed by atoms with Crippen LogP contribution in [0.2, 0.25) is 0 Å². The zero-order chi connectivity index (χ0) is 31.1. The Morgan fingerprint density at radius 2 is 1.40 bits per heavy atom. The van der Waals surface area contributed by atoms with Crippen molar-refractivity contribution in [2.75, 3.05) is 4.90 Å². The lowest BCUT2D eigenvalue weighted by molar-refractivity contribution is -0.143. The smallest absolute Gasteiger partial charge is 0.385 e. The van der Waals surface area contributed by atoms with Gasteiger partial charge in [0.25, 0.3) is 5.95 Å². The predicted octanol–water partition coefficient (Wildman–Crippen LogP) is 7.26. The second kappa shape index (κ2) is 11.4. The minimum atomic E-state index is -5.10. The highest BCUT2D eigenvalue weighted by Gasteiger charge is 2.38. The third-order valence-electron chi connectivity index (χ3n) is 7.34. The van der Waals surface area contributed by atoms with Crippen LogP contribution in [0.5, 0.6) is 0 Å². The quantitative estimate of drug-likeness (QED) is 0.273. The minimum absolute atomic E-state index is 0.0143. The Balaban J connectivity index is 1.80. The first kappa shape index (κ1) is 31.6. The third-order valence-corrected chi connectivity index (χ3v) is 7.34. The third kappa shape index (κ3) is 7.53. The van der Waals surface area contributed by atoms with Gasteiger partial charge in [0.1, 0.15) is 0 Å². The maximum atomic E-state index is 13.7. The molecule has 3 aromatic rings. The van der Waals surface area contributed by atoms with E-state index in [1.54, 1.807) is 0 Å². The molecule has 0 spiro atoms. The number of alkyl halides is 9. The van der Waals surface area contributed by atoms with Crippen molar-refractivity contribution in [2.24, 2.45) is 13.0 Å². The first-order valence-electron chi connectivity index (χ1n) is 13.0. The molecule has 6 nitrogen and oxygen atoms in total. The van der Waals surface area contributed by atoms with Gasteiger partial charge < -0.3 is 10.0 Å². The molecule has 15 heteroatoms. The fourth-order valence-corrected chi connectivity index (χ4v) is 5.45. The van der Waals surface area contributed by atoms with E-state index in [0.717, 1.165) is 53.6 Å². The van der Waals surface area contributed by atoms with Gasteiger partial charge in [-0.1, -0.05) is 36.8 Å². The Bertz CT molecular complexity index is 1360. The Morgan fingerprint density at radius 3 is 1.90 bits per heavy atom. The molecule has 1 atom stereocenters. The fourth-order valence-electron chi connectivity index (χ4n) is 5.45. The number of aryl methyl sites for hydroxylation is 1. The molecule has 1 saturated carbocycles. The molecule has 0 saturated heterocycles. The van der Waals surface area contributed by atoms with E-state index in [-0.39, 0.29) is 35.5 Å². The Kier molecular flexibility index (Phi) is 8.55. The summed E-state index contributed by atoms with van der Waals surface area (Å²) in [7, 11) is 1.36. The lowest BCUT2D eigenvalue weighted by Crippen LogP contribution is -2.30. The van der Waals surface area contributed by atoms with Crippen LogP contribution >= 0.6 is 0 Å². The van der Waals surface area contributed by atoms with Gasteiger partial charge in [-0.3, -0.25) is 0 Å². The van der Waals surface area contributed by atoms with E-state index < -0.39 is 59.5 Å². The molecule has 0 aliphatic heterocycles. The first-order valence-corrected chi connectivity index (χ1v) is 13.0. The van der Waals surface area contributed by atoms with Gasteiger partial charge in [0.2, 0.25) is 0 Å². The maximum absolute atomic E-state index is 13.7. The molecule has 1 fully saturated rings. The SMILES string of the molecule is Cn1nnc(N(Cc2cc(C(F)(F)F)cc(C(F)(F)F)c2)Cc2cc(C(F)(F)F)ccc2C(C)(O)CC2CCCC2)n1. The van der Waals surface area contributed by atoms with Crippen molar-refractivity contribution in [1.29, 1.82) is 0 Å². The fraction of sp³-hybridized carbons (Fsp3) is 0.519. The van der Waals surface area contributed by atoms with Crippen LogP contribution in [0.1, 0.15) is 72.4 Å². The molecule has 0 radical (unpaired) electrons. The molecule has 1 aliphatic rings. The predicted molar refractivity (Wildman–Crippen MR) is 133 cm³/mol. The summed E-state index contributed by atoms with van der Waals surface area (Å²) in [5.74, 6) is -0.110. The molecule has 2 aromatic carbocycles. The molecule has 1 heterocycles. The van der Waals surface area contributed by atoms with Gasteiger partial charge in [-0.15, -0.1) is 5.10 Å². The number of rotatable bonds is 8. The van der Waals surface area contributed by atoms with Crippen LogP contribution in [0, 0.1) is 5.92 Å². The van der Waals surface area contributed by atoms with Crippen LogP contribution in [-0.4, -0.2) is 25.3 Å². The van der Waals surface area contributed by atoms with Crippen molar-refractivity contribution >= 4 is 5.95 Å². The van der Waals surface area contributed by atoms with E-state index in [1.165, 1.54) is 14.0 Å². The second-order valence-electron chi connectivity index (χ2n) is 10.8. The van der Waals surface area contributed by atoms with Gasteiger partial charge in [-0.05, 0) is 71.5 Å². The molecule has 1 unspecified atom stereocenters. The summed E-state index contributed by atoms with van der Waals surface area (Å²) < 4.78 is 122. The molecule has 1 aliphatic carbocycles. The first-order chi connectivity index (χ1) is 19.3. The van der Waals surface area contributed by atoms with Crippen LogP contribution in [0.15, 0.2) is 36.4 Å². The number of benzene rings is 2. The zero-order valence-corrected chi connectivity index (χ0v) is 22.6. The summed E-state index contributed by atoms with van der Waals surface area (Å²) in [6, 6.07) is 3.84. The molecule has 0 amide bonds. The van der Waals surface area contributed by atoms with Crippen molar-refractivity contribution in [3.63, 3.8) is 0 Å². The normalized spacial score (nSPS) is 16.6. The number of aromatic nitrogens is 4. The number of hydrogen-bond donors (Lipinski definition) is 1. The average molecular weight is 610 g/mol. The second-order valence-corrected chi connectivity index (χ2v) is 10.8. The van der Waals surface area contributed by atoms with E-state index in [0.29, 0.717) is 12.1 Å². The molecule has 0 bridgehead atoms. The standard InChI is InChI=1S/C27H28F9N5O/c1-24(42,13-16-5-3-4-6-16)22-8-7-19(25(28,29)30)11-18(22)15-41(23-37-39-40(2)38-23)14-17-9-20(26(31,32)33)12-21(10-17)27(34,35)36/h7-12,16,42H,3-6,13-15H2,1-2H3. The molecule has 4 rings (SSSR count). The summed E-state index contributed by atoms with van der Waals surface area (Å²) in [5.41, 5.74) is -6.02. The van der Waals surface area contributed by atoms with Crippen LogP contribution in [0.25, 0.3) is 0 Å². The van der Waals surface area contributed by atoms with Gasteiger partial charge >= 0.3 is 18.5 Å². The van der Waals surface area contributed by atoms with Crippen LogP contribution in [0.4, 0.5) is 45.5 Å². The summed E-state index contributed by atoms with van der Waals surface area (Å²) in [4.78, 5) is 2.10. The van der Waals surface area contributed by atoms with Gasteiger partial charge in [-0.2, -0.15) is 44.3 Å². The van der Waals surface area contributed by atoms with E-state index in [9.17, 15) is 44.6 Å². The van der Waals surface area contributed by atoms with Crippen LogP contribution in [-0.2, 0) is 44.3 Å². The minimum Gasteiger partial charge on any atom is -0.385 e. The average Bonchev–Trinajstić information content (AvgIpc) is 3.53. The molecular formula is C27H28F9N5O. The summed E-state index contributed by atoms with van der Waals surface area (Å²) >= 11 is 0. The number of halogens is 9. The molecule has 230 valence electrons. The van der Waals surface area contributed by atoms with E-state index in [4.69, 9.17) is 0 Å². The lowest BCUT2D eigenvalue weighted by atomic mass is 9.82. The summed E-state index contributed by atoms with van der Waals surface area (Å²) in [6.07, 6.45) is -11.1. The zero-order valence-electron chi connectivity index (χ0n) is 22.6. The molecule has 42 heavy (non-hydrogen) atoms. The molecular weight excluding hydrogens is 581 g/mol. The molecule has 1 N–H and O–H groups in total. The summed E-state index contributed by atoms with van der Waals surface area (Å²) in [5, 5.41) is 22.9. The van der Waals surface area contributed by atoms with Crippen LogP contribution < -0.4 is 4.90 Å². The van der Waals surface area contributed by atoms with Crippen molar-refractivity contribution in [3.05, 3.63) is 69.8 Å². The Hall–Kier alpha value is -3.36. The summed E-state index contributed by atoms with van der Waals surface area (Å²) in [6.45, 7) is 0.354. The van der Waals surface area contributed by atoms with Crippen molar-refractivity contribution in [1.82, 2.24) is 20.2 Å². The Morgan fingerprint density at radius 1 is 0.833 bits per heavy atom. The monoisotopic (exact) mass is 609 g/mol. The van der Waals surface area contributed by atoms with E-state index >= 15 is 0 Å². The largest absolute Gasteiger partial charge is 0.416 e. The number of tetrazole rings is 1. The maximum Gasteiger partial charge on any atom is 0.416 e. The number of hydrogen-bond acceptors (Lipinski definition) is 5. The van der Waals surface area contributed by atoms with Gasteiger partial charge in [0.05, 0.1) is 29.3 Å². The highest BCUT2D eigenvalue weighted by atomic mass is 19.4. The number of anilines is 1. The van der Waals surface area contributed by atoms with E-state index in [2.05, 4.69) is 15.4 Å². The number of nitrogens with zero attached hydrogens (tertiary/aromatic N) is 5. The van der Waals surface area contributed by atoms with Crippen molar-refractivity contribution < 1.29 is 44.6 Å². The van der Waals surface area contributed by atoms with Crippen LogP contribution in [0.3, 0.4) is 0 Å². The highest BCUT2D eigenvalue weighted by molar-refractivity contribution is 5.42. The van der Waals surface area contributed by atoms with Crippen molar-refractivity contribution in [2.45, 2.75) is 76.2 Å². The highest BCUT2D eigenvalue weighted by Crippen LogP contribution is 2.41. The Labute approximate surface area is 235 Å². The van der Waals surface area contributed by atoms with Crippen molar-refractivity contribution in [3.8, 4) is 0 Å². The van der Waals surface area contributed by atoms with Gasteiger partial charge in [0, 0.05) is 13.1 Å². The van der Waals surface area contributed by atoms with E-state index in [1.807, 2.05) is 0 Å². The number of aliphatic hydroxyl groups is 1. The van der Waals surface area contributed by atoms with Gasteiger partial charge in [0.15, 0.2) is 0 Å². The lowest BCUT2D eigenvalue weighted by Gasteiger charge is -2.31. The topological polar surface area (TPSA) is 67.1 Å².